The maximum atomic E-state index is 10.3. The molecule has 3 N–H and O–H groups in total. The van der Waals surface area contributed by atoms with Crippen LogP contribution in [-0.2, 0) is 0 Å². The molecule has 2 aliphatic carbocycles. The molecule has 0 heterocycles. The van der Waals surface area contributed by atoms with Gasteiger partial charge in [-0.25, -0.2) is 0 Å². The minimum atomic E-state index is 0.0499. The quantitative estimate of drug-likeness (QED) is 0.719. The lowest BCUT2D eigenvalue weighted by Gasteiger charge is -2.28. The zero-order chi connectivity index (χ0) is 12.2. The molecule has 0 saturated heterocycles. The molecule has 3 unspecified atom stereocenters. The van der Waals surface area contributed by atoms with Crippen LogP contribution in [0, 0.1) is 19.8 Å². The number of aromatic hydroxyl groups is 1. The fraction of sp³-hybridized carbons (Fsp3) is 0.600. The van der Waals surface area contributed by atoms with Gasteiger partial charge in [0.2, 0.25) is 0 Å². The van der Waals surface area contributed by atoms with Gasteiger partial charge in [-0.15, -0.1) is 0 Å². The molecule has 1 aromatic carbocycles. The number of rotatable bonds is 0. The third-order valence-electron chi connectivity index (χ3n) is 4.76. The number of phenolic OH excluding ortho intramolecular Hbond substituents is 1. The second kappa shape index (κ2) is 3.74. The minimum Gasteiger partial charge on any atom is -0.507 e. The SMILES string of the molecule is Cc1cc(C)c2c(c1O)C(N)C1CCCCC21. The zero-order valence-corrected chi connectivity index (χ0v) is 10.7. The second-order valence-electron chi connectivity index (χ2n) is 5.77. The van der Waals surface area contributed by atoms with Gasteiger partial charge in [0.05, 0.1) is 0 Å². The molecule has 2 nitrogen and oxygen atoms in total. The first-order valence-electron chi connectivity index (χ1n) is 6.69. The highest BCUT2D eigenvalue weighted by Crippen LogP contribution is 2.55. The molecule has 3 rings (SSSR count). The lowest BCUT2D eigenvalue weighted by atomic mass is 9.78. The summed E-state index contributed by atoms with van der Waals surface area (Å²) in [6.45, 7) is 4.13. The average molecular weight is 231 g/mol. The zero-order valence-electron chi connectivity index (χ0n) is 10.7. The van der Waals surface area contributed by atoms with E-state index in [0.29, 0.717) is 17.6 Å². The van der Waals surface area contributed by atoms with E-state index in [1.165, 1.54) is 36.8 Å². The van der Waals surface area contributed by atoms with Crippen LogP contribution >= 0.6 is 0 Å². The van der Waals surface area contributed by atoms with Crippen LogP contribution in [-0.4, -0.2) is 5.11 Å². The Kier molecular flexibility index (Phi) is 2.44. The standard InChI is InChI=1S/C15H21NO/c1-8-7-9(2)15(17)13-12(8)10-5-3-4-6-11(10)14(13)16/h7,10-11,14,17H,3-6,16H2,1-2H3. The van der Waals surface area contributed by atoms with E-state index in [1.54, 1.807) is 0 Å². The molecule has 17 heavy (non-hydrogen) atoms. The van der Waals surface area contributed by atoms with E-state index in [9.17, 15) is 5.11 Å². The van der Waals surface area contributed by atoms with Crippen LogP contribution < -0.4 is 5.73 Å². The molecule has 2 aliphatic rings. The summed E-state index contributed by atoms with van der Waals surface area (Å²) < 4.78 is 0. The van der Waals surface area contributed by atoms with Crippen LogP contribution in [0.15, 0.2) is 6.07 Å². The summed E-state index contributed by atoms with van der Waals surface area (Å²) in [5, 5.41) is 10.3. The van der Waals surface area contributed by atoms with Gasteiger partial charge >= 0.3 is 0 Å². The Morgan fingerprint density at radius 3 is 2.59 bits per heavy atom. The van der Waals surface area contributed by atoms with Crippen molar-refractivity contribution < 1.29 is 5.11 Å². The monoisotopic (exact) mass is 231 g/mol. The summed E-state index contributed by atoms with van der Waals surface area (Å²) in [6.07, 6.45) is 5.07. The highest BCUT2D eigenvalue weighted by molar-refractivity contribution is 5.55. The van der Waals surface area contributed by atoms with Crippen molar-refractivity contribution in [3.05, 3.63) is 28.3 Å². The molecule has 2 heteroatoms. The molecular weight excluding hydrogens is 210 g/mol. The molecule has 1 aromatic rings. The van der Waals surface area contributed by atoms with Gasteiger partial charge in [0, 0.05) is 11.6 Å². The van der Waals surface area contributed by atoms with Gasteiger partial charge in [-0.2, -0.15) is 0 Å². The number of phenols is 1. The van der Waals surface area contributed by atoms with Gasteiger partial charge in [0.1, 0.15) is 5.75 Å². The molecule has 92 valence electrons. The lowest BCUT2D eigenvalue weighted by molar-refractivity contribution is 0.291. The van der Waals surface area contributed by atoms with Crippen molar-refractivity contribution in [2.75, 3.05) is 0 Å². The number of hydrogen-bond acceptors (Lipinski definition) is 2. The average Bonchev–Trinajstić information content (AvgIpc) is 2.61. The second-order valence-corrected chi connectivity index (χ2v) is 5.77. The highest BCUT2D eigenvalue weighted by atomic mass is 16.3. The number of hydrogen-bond donors (Lipinski definition) is 2. The lowest BCUT2D eigenvalue weighted by Crippen LogP contribution is -2.22. The molecule has 0 radical (unpaired) electrons. The predicted octanol–water partition coefficient (Wildman–Crippen LogP) is 3.30. The Bertz CT molecular complexity index is 466. The largest absolute Gasteiger partial charge is 0.507 e. The van der Waals surface area contributed by atoms with Crippen molar-refractivity contribution in [1.82, 2.24) is 0 Å². The van der Waals surface area contributed by atoms with Gasteiger partial charge in [0.25, 0.3) is 0 Å². The summed E-state index contributed by atoms with van der Waals surface area (Å²) >= 11 is 0. The van der Waals surface area contributed by atoms with Gasteiger partial charge < -0.3 is 10.8 Å². The van der Waals surface area contributed by atoms with Crippen LogP contribution in [0.1, 0.15) is 59.9 Å². The smallest absolute Gasteiger partial charge is 0.123 e. The topological polar surface area (TPSA) is 46.2 Å². The van der Waals surface area contributed by atoms with Crippen LogP contribution in [0.5, 0.6) is 5.75 Å². The number of nitrogens with two attached hydrogens (primary N) is 1. The van der Waals surface area contributed by atoms with Crippen molar-refractivity contribution in [2.45, 2.75) is 51.5 Å². The third-order valence-corrected chi connectivity index (χ3v) is 4.76. The van der Waals surface area contributed by atoms with E-state index in [2.05, 4.69) is 13.0 Å². The fourth-order valence-corrected chi connectivity index (χ4v) is 4.01. The van der Waals surface area contributed by atoms with Crippen LogP contribution in [0.25, 0.3) is 0 Å². The van der Waals surface area contributed by atoms with Gasteiger partial charge in [-0.1, -0.05) is 18.9 Å². The maximum Gasteiger partial charge on any atom is 0.123 e. The Morgan fingerprint density at radius 2 is 1.82 bits per heavy atom. The first-order chi connectivity index (χ1) is 8.11. The van der Waals surface area contributed by atoms with Crippen molar-refractivity contribution >= 4 is 0 Å². The molecule has 0 aromatic heterocycles. The summed E-state index contributed by atoms with van der Waals surface area (Å²) in [6, 6.07) is 2.16. The first-order valence-corrected chi connectivity index (χ1v) is 6.69. The van der Waals surface area contributed by atoms with E-state index in [-0.39, 0.29) is 6.04 Å². The van der Waals surface area contributed by atoms with Crippen molar-refractivity contribution in [3.8, 4) is 5.75 Å². The first kappa shape index (κ1) is 11.1. The summed E-state index contributed by atoms with van der Waals surface area (Å²) in [4.78, 5) is 0. The Hall–Kier alpha value is -1.02. The predicted molar refractivity (Wildman–Crippen MR) is 69.2 cm³/mol. The number of fused-ring (bicyclic) bond motifs is 3. The van der Waals surface area contributed by atoms with Gasteiger partial charge in [-0.3, -0.25) is 0 Å². The molecule has 1 saturated carbocycles. The van der Waals surface area contributed by atoms with Crippen molar-refractivity contribution in [3.63, 3.8) is 0 Å². The summed E-state index contributed by atoms with van der Waals surface area (Å²) in [5.74, 6) is 1.61. The molecule has 0 amide bonds. The van der Waals surface area contributed by atoms with Crippen LogP contribution in [0.2, 0.25) is 0 Å². The fourth-order valence-electron chi connectivity index (χ4n) is 4.01. The number of aryl methyl sites for hydroxylation is 2. The summed E-state index contributed by atoms with van der Waals surface area (Å²) in [7, 11) is 0. The normalized spacial score (nSPS) is 31.1. The molecule has 3 atom stereocenters. The van der Waals surface area contributed by atoms with E-state index in [0.717, 1.165) is 11.1 Å². The highest BCUT2D eigenvalue weighted by Gasteiger charge is 2.42. The van der Waals surface area contributed by atoms with Crippen LogP contribution in [0.4, 0.5) is 0 Å². The van der Waals surface area contributed by atoms with E-state index in [4.69, 9.17) is 5.73 Å². The molecule has 0 bridgehead atoms. The van der Waals surface area contributed by atoms with Crippen molar-refractivity contribution in [1.29, 1.82) is 0 Å². The molecule has 0 spiro atoms. The van der Waals surface area contributed by atoms with Crippen LogP contribution in [0.3, 0.4) is 0 Å². The molecular formula is C15H21NO. The van der Waals surface area contributed by atoms with Gasteiger partial charge in [0.15, 0.2) is 0 Å². The minimum absolute atomic E-state index is 0.0499. The Morgan fingerprint density at radius 1 is 1.12 bits per heavy atom. The maximum absolute atomic E-state index is 10.3. The van der Waals surface area contributed by atoms with E-state index >= 15 is 0 Å². The summed E-state index contributed by atoms with van der Waals surface area (Å²) in [5.41, 5.74) is 11.1. The number of benzene rings is 1. The van der Waals surface area contributed by atoms with Crippen molar-refractivity contribution in [2.24, 2.45) is 11.7 Å². The Labute approximate surface area is 103 Å². The molecule has 1 fully saturated rings. The third kappa shape index (κ3) is 1.43. The Balaban J connectivity index is 2.20. The van der Waals surface area contributed by atoms with E-state index < -0.39 is 0 Å². The van der Waals surface area contributed by atoms with Gasteiger partial charge in [-0.05, 0) is 55.2 Å². The van der Waals surface area contributed by atoms with E-state index in [1.807, 2.05) is 6.92 Å². The molecule has 0 aliphatic heterocycles.